The van der Waals surface area contributed by atoms with Gasteiger partial charge in [0.25, 0.3) is 0 Å². The molecule has 0 spiro atoms. The Morgan fingerprint density at radius 1 is 1.15 bits per heavy atom. The van der Waals surface area contributed by atoms with E-state index in [1.165, 1.54) is 6.07 Å². The van der Waals surface area contributed by atoms with Gasteiger partial charge in [0.1, 0.15) is 6.61 Å². The van der Waals surface area contributed by atoms with Gasteiger partial charge in [-0.05, 0) is 41.5 Å². The van der Waals surface area contributed by atoms with Crippen molar-refractivity contribution in [3.8, 4) is 22.7 Å². The molecule has 0 bridgehead atoms. The molecule has 1 aromatic carbocycles. The van der Waals surface area contributed by atoms with Crippen molar-refractivity contribution >= 4 is 0 Å². The van der Waals surface area contributed by atoms with Crippen LogP contribution in [0.25, 0.3) is 16.8 Å². The minimum atomic E-state index is -0.527. The summed E-state index contributed by atoms with van der Waals surface area (Å²) in [4.78, 5) is 3.78. The highest BCUT2D eigenvalue weighted by molar-refractivity contribution is 5.74. The molecule has 0 N–H and O–H groups in total. The Hall–Kier alpha value is -2.69. The van der Waals surface area contributed by atoms with E-state index in [1.807, 2.05) is 30.5 Å². The number of hydrogen-bond donors (Lipinski definition) is 0. The van der Waals surface area contributed by atoms with Gasteiger partial charge in [0.05, 0.1) is 5.69 Å². The predicted octanol–water partition coefficient (Wildman–Crippen LogP) is 2.97. The number of nitrogens with zero attached hydrogens (tertiary/aromatic N) is 3. The van der Waals surface area contributed by atoms with Gasteiger partial charge < -0.3 is 4.74 Å². The zero-order valence-corrected chi connectivity index (χ0v) is 10.5. The average molecular weight is 267 g/mol. The molecule has 0 fully saturated rings. The number of fused-ring (bicyclic) bond motifs is 3. The van der Waals surface area contributed by atoms with E-state index in [-0.39, 0.29) is 0 Å². The molecule has 0 saturated heterocycles. The van der Waals surface area contributed by atoms with Gasteiger partial charge in [0.2, 0.25) is 11.8 Å². The molecule has 2 aromatic heterocycles. The second-order valence-corrected chi connectivity index (χ2v) is 4.57. The van der Waals surface area contributed by atoms with Crippen LogP contribution in [0.3, 0.4) is 0 Å². The quantitative estimate of drug-likeness (QED) is 0.636. The van der Waals surface area contributed by atoms with Crippen LogP contribution >= 0.6 is 0 Å². The van der Waals surface area contributed by atoms with Gasteiger partial charge in [-0.3, -0.25) is 0 Å². The van der Waals surface area contributed by atoms with Crippen LogP contribution in [-0.2, 0) is 6.61 Å². The summed E-state index contributed by atoms with van der Waals surface area (Å²) < 4.78 is 20.4. The summed E-state index contributed by atoms with van der Waals surface area (Å²) in [7, 11) is 0. The first kappa shape index (κ1) is 11.2. The Labute approximate surface area is 114 Å². The van der Waals surface area contributed by atoms with Crippen LogP contribution < -0.4 is 4.74 Å². The molecule has 0 aliphatic carbocycles. The molecule has 3 aromatic rings. The summed E-state index contributed by atoms with van der Waals surface area (Å²) in [6.07, 6.45) is 3.62. The van der Waals surface area contributed by atoms with E-state index in [0.717, 1.165) is 22.4 Å². The number of benzene rings is 1. The molecular weight excluding hydrogens is 257 g/mol. The van der Waals surface area contributed by atoms with Crippen molar-refractivity contribution in [2.24, 2.45) is 0 Å². The highest BCUT2D eigenvalue weighted by Gasteiger charge is 2.19. The summed E-state index contributed by atoms with van der Waals surface area (Å²) in [5.41, 5.74) is 3.85. The number of pyridine rings is 1. The Morgan fingerprint density at radius 2 is 2.05 bits per heavy atom. The van der Waals surface area contributed by atoms with Crippen LogP contribution in [0.5, 0.6) is 5.88 Å². The molecular formula is C15H10FN3O. The zero-order chi connectivity index (χ0) is 13.5. The molecule has 1 aliphatic rings. The fraction of sp³-hybridized carbons (Fsp3) is 0.0667. The number of ether oxygens (including phenoxy) is 1. The van der Waals surface area contributed by atoms with E-state index in [2.05, 4.69) is 10.1 Å². The molecule has 5 heteroatoms. The van der Waals surface area contributed by atoms with E-state index in [9.17, 15) is 4.39 Å². The SMILES string of the molecule is Fc1ccc2c(n1)OCc1cc(-n3cccn3)ccc1-2. The summed E-state index contributed by atoms with van der Waals surface area (Å²) >= 11 is 0. The van der Waals surface area contributed by atoms with Crippen molar-refractivity contribution in [1.29, 1.82) is 0 Å². The number of hydrogen-bond acceptors (Lipinski definition) is 3. The smallest absolute Gasteiger partial charge is 0.224 e. The third-order valence-electron chi connectivity index (χ3n) is 3.34. The van der Waals surface area contributed by atoms with Crippen molar-refractivity contribution in [2.75, 3.05) is 0 Å². The van der Waals surface area contributed by atoms with Crippen LogP contribution in [0, 0.1) is 5.95 Å². The Morgan fingerprint density at radius 3 is 2.90 bits per heavy atom. The van der Waals surface area contributed by atoms with Crippen molar-refractivity contribution < 1.29 is 9.13 Å². The second-order valence-electron chi connectivity index (χ2n) is 4.57. The van der Waals surface area contributed by atoms with Crippen molar-refractivity contribution in [3.05, 3.63) is 60.3 Å². The molecule has 4 nitrogen and oxygen atoms in total. The molecule has 0 amide bonds. The molecule has 98 valence electrons. The molecule has 0 atom stereocenters. The average Bonchev–Trinajstić information content (AvgIpc) is 3.00. The number of rotatable bonds is 1. The van der Waals surface area contributed by atoms with Crippen LogP contribution in [0.15, 0.2) is 48.8 Å². The van der Waals surface area contributed by atoms with Crippen molar-refractivity contribution in [1.82, 2.24) is 14.8 Å². The Bertz CT molecular complexity index is 784. The van der Waals surface area contributed by atoms with Crippen LogP contribution in [0.2, 0.25) is 0 Å². The molecule has 0 unspecified atom stereocenters. The number of aromatic nitrogens is 3. The fourth-order valence-corrected chi connectivity index (χ4v) is 2.41. The highest BCUT2D eigenvalue weighted by Crippen LogP contribution is 2.36. The van der Waals surface area contributed by atoms with Crippen LogP contribution in [-0.4, -0.2) is 14.8 Å². The largest absolute Gasteiger partial charge is 0.472 e. The molecule has 3 heterocycles. The van der Waals surface area contributed by atoms with E-state index >= 15 is 0 Å². The zero-order valence-electron chi connectivity index (χ0n) is 10.5. The summed E-state index contributed by atoms with van der Waals surface area (Å²) in [5.74, 6) is -0.176. The lowest BCUT2D eigenvalue weighted by Crippen LogP contribution is -2.08. The molecule has 0 saturated carbocycles. The lowest BCUT2D eigenvalue weighted by Gasteiger charge is -2.20. The van der Waals surface area contributed by atoms with E-state index in [4.69, 9.17) is 4.74 Å². The maximum atomic E-state index is 13.1. The van der Waals surface area contributed by atoms with Gasteiger partial charge in [0.15, 0.2) is 0 Å². The van der Waals surface area contributed by atoms with Gasteiger partial charge in [-0.25, -0.2) is 4.68 Å². The topological polar surface area (TPSA) is 39.9 Å². The monoisotopic (exact) mass is 267 g/mol. The van der Waals surface area contributed by atoms with E-state index in [1.54, 1.807) is 16.9 Å². The molecule has 0 radical (unpaired) electrons. The van der Waals surface area contributed by atoms with Crippen LogP contribution in [0.4, 0.5) is 4.39 Å². The minimum absolute atomic E-state index is 0.351. The van der Waals surface area contributed by atoms with Crippen LogP contribution in [0.1, 0.15) is 5.56 Å². The summed E-state index contributed by atoms with van der Waals surface area (Å²) in [6.45, 7) is 0.383. The first-order chi connectivity index (χ1) is 9.81. The Kier molecular flexibility index (Phi) is 2.32. The second kappa shape index (κ2) is 4.16. The van der Waals surface area contributed by atoms with Gasteiger partial charge in [-0.2, -0.15) is 14.5 Å². The summed E-state index contributed by atoms with van der Waals surface area (Å²) in [6, 6.07) is 10.9. The first-order valence-electron chi connectivity index (χ1n) is 6.24. The number of halogens is 1. The fourth-order valence-electron chi connectivity index (χ4n) is 2.41. The van der Waals surface area contributed by atoms with Gasteiger partial charge in [-0.15, -0.1) is 0 Å². The Balaban J connectivity index is 1.85. The van der Waals surface area contributed by atoms with E-state index in [0.29, 0.717) is 12.5 Å². The maximum Gasteiger partial charge on any atom is 0.224 e. The molecule has 1 aliphatic heterocycles. The highest BCUT2D eigenvalue weighted by atomic mass is 19.1. The third-order valence-corrected chi connectivity index (χ3v) is 3.34. The third kappa shape index (κ3) is 1.67. The van der Waals surface area contributed by atoms with Crippen molar-refractivity contribution in [3.63, 3.8) is 0 Å². The summed E-state index contributed by atoms with van der Waals surface area (Å²) in [5, 5.41) is 4.21. The predicted molar refractivity (Wildman–Crippen MR) is 71.1 cm³/mol. The normalized spacial score (nSPS) is 12.4. The lowest BCUT2D eigenvalue weighted by atomic mass is 9.98. The first-order valence-corrected chi connectivity index (χ1v) is 6.24. The minimum Gasteiger partial charge on any atom is -0.472 e. The van der Waals surface area contributed by atoms with Gasteiger partial charge >= 0.3 is 0 Å². The van der Waals surface area contributed by atoms with Crippen molar-refractivity contribution in [2.45, 2.75) is 6.61 Å². The molecule has 4 rings (SSSR count). The lowest BCUT2D eigenvalue weighted by molar-refractivity contribution is 0.285. The standard InChI is InChI=1S/C15H10FN3O/c16-14-5-4-13-12-3-2-11(19-7-1-6-17-19)8-10(12)9-20-15(13)18-14/h1-8H,9H2. The van der Waals surface area contributed by atoms with E-state index < -0.39 is 5.95 Å². The van der Waals surface area contributed by atoms with Gasteiger partial charge in [0, 0.05) is 18.0 Å². The van der Waals surface area contributed by atoms with Gasteiger partial charge in [-0.1, -0.05) is 6.07 Å². The molecule has 20 heavy (non-hydrogen) atoms. The maximum absolute atomic E-state index is 13.1.